The molecule has 3 aromatic rings. The van der Waals surface area contributed by atoms with Crippen LogP contribution in [0.25, 0.3) is 10.8 Å². The molecule has 4 aliphatic heterocycles. The van der Waals surface area contributed by atoms with Gasteiger partial charge in [-0.05, 0) is 35.9 Å². The summed E-state index contributed by atoms with van der Waals surface area (Å²) in [5, 5.41) is 31.0. The molecule has 2 fully saturated rings. The molecule has 4 aliphatic rings. The van der Waals surface area contributed by atoms with Crippen molar-refractivity contribution in [1.82, 2.24) is 20.4 Å². The molecule has 0 bridgehead atoms. The molecule has 4 heterocycles. The highest BCUT2D eigenvalue weighted by molar-refractivity contribution is 6.12. The van der Waals surface area contributed by atoms with Gasteiger partial charge in [-0.1, -0.05) is 54.1 Å². The van der Waals surface area contributed by atoms with Crippen LogP contribution in [0.2, 0.25) is 0 Å². The Morgan fingerprint density at radius 3 is 2.66 bits per heavy atom. The number of guanidine groups is 2. The van der Waals surface area contributed by atoms with E-state index in [9.17, 15) is 24.6 Å². The van der Waals surface area contributed by atoms with Gasteiger partial charge in [0, 0.05) is 11.3 Å². The monoisotopic (exact) mass is 598 g/mol. The number of nitrogens with one attached hydrogen (secondary N) is 3. The number of para-hydroxylation sites is 1. The molecule has 0 aromatic heterocycles. The molecule has 0 aliphatic carbocycles. The average molecular weight is 599 g/mol. The number of benzene rings is 3. The van der Waals surface area contributed by atoms with Crippen molar-refractivity contribution in [3.05, 3.63) is 77.9 Å². The minimum absolute atomic E-state index is 0.0174. The van der Waals surface area contributed by atoms with Gasteiger partial charge in [0.05, 0.1) is 13.1 Å². The maximum atomic E-state index is 13.6. The van der Waals surface area contributed by atoms with E-state index in [0.29, 0.717) is 16.6 Å². The number of aliphatic imine (C=N–C) groups is 1. The number of fused-ring (bicyclic) bond motifs is 1. The fourth-order valence-corrected chi connectivity index (χ4v) is 6.88. The number of hydrogen-bond acceptors (Lipinski definition) is 10. The molecule has 1 spiro atoms. The van der Waals surface area contributed by atoms with Crippen LogP contribution in [0.1, 0.15) is 15.9 Å². The Hall–Kier alpha value is -5.21. The zero-order valence-electron chi connectivity index (χ0n) is 23.8. The minimum Gasteiger partial charge on any atom is -0.370 e. The highest BCUT2D eigenvalue weighted by Gasteiger charge is 2.76. The quantitative estimate of drug-likeness (QED) is 0.122. The Morgan fingerprint density at radius 2 is 1.89 bits per heavy atom. The number of carbonyl (C=O) groups is 3. The van der Waals surface area contributed by atoms with E-state index in [2.05, 4.69) is 20.6 Å². The summed E-state index contributed by atoms with van der Waals surface area (Å²) in [7, 11) is 0. The topological polar surface area (TPSA) is 204 Å². The number of aliphatic hydroxyl groups is 2. The van der Waals surface area contributed by atoms with Crippen LogP contribution in [-0.2, 0) is 4.79 Å². The van der Waals surface area contributed by atoms with Crippen molar-refractivity contribution in [2.45, 2.75) is 36.5 Å². The van der Waals surface area contributed by atoms with Crippen LogP contribution in [-0.4, -0.2) is 99.0 Å². The zero-order valence-corrected chi connectivity index (χ0v) is 23.8. The summed E-state index contributed by atoms with van der Waals surface area (Å²) in [4.78, 5) is 51.4. The van der Waals surface area contributed by atoms with Crippen molar-refractivity contribution in [3.63, 3.8) is 0 Å². The van der Waals surface area contributed by atoms with Crippen LogP contribution in [0.3, 0.4) is 0 Å². The molecule has 0 saturated carbocycles. The molecule has 14 heteroatoms. The van der Waals surface area contributed by atoms with Gasteiger partial charge in [0.25, 0.3) is 17.5 Å². The largest absolute Gasteiger partial charge is 0.370 e. The summed E-state index contributed by atoms with van der Waals surface area (Å²) < 4.78 is 0. The van der Waals surface area contributed by atoms with Crippen molar-refractivity contribution in [2.24, 2.45) is 16.5 Å². The highest BCUT2D eigenvalue weighted by Crippen LogP contribution is 2.41. The van der Waals surface area contributed by atoms with Gasteiger partial charge >= 0.3 is 12.0 Å². The number of carbonyl (C=O) groups excluding carboxylic acids is 3. The molecule has 44 heavy (non-hydrogen) atoms. The Balaban J connectivity index is 1.18. The second-order valence-corrected chi connectivity index (χ2v) is 11.6. The second kappa shape index (κ2) is 9.65. The lowest BCUT2D eigenvalue weighted by Crippen LogP contribution is -2.90. The highest BCUT2D eigenvalue weighted by atomic mass is 16.5. The maximum absolute atomic E-state index is 13.6. The third kappa shape index (κ3) is 3.91. The maximum Gasteiger partial charge on any atom is 0.343 e. The first-order valence-corrected chi connectivity index (χ1v) is 14.2. The number of rotatable bonds is 5. The molecule has 1 unspecified atom stereocenters. The van der Waals surface area contributed by atoms with Gasteiger partial charge in [0.2, 0.25) is 5.79 Å². The van der Waals surface area contributed by atoms with E-state index in [1.807, 2.05) is 37.3 Å². The van der Waals surface area contributed by atoms with E-state index in [0.717, 1.165) is 15.8 Å². The molecular formula is C30H32N9O5+. The van der Waals surface area contributed by atoms with Crippen LogP contribution in [0, 0.1) is 6.92 Å². The summed E-state index contributed by atoms with van der Waals surface area (Å²) >= 11 is 0. The standard InChI is InChI=1S/C30H31N9O5/c1-16-10-11-19-17(12-16)6-5-9-20(19)25(41)34-22-14-39-27(32)33-21(24-29(39,30(22,43)44)36-26(31)35-24)13-38-23(40)15-37(28(38)42)18-7-3-2-4-8-18/h2-12,21-22,24,43-44H,13-15H2,1H3,(H2,32,33)(H,34,41)(H3,31,35,36)/p+1/t21-,22?,24-,29-/m0/s1. The third-order valence-corrected chi connectivity index (χ3v) is 8.96. The summed E-state index contributed by atoms with van der Waals surface area (Å²) in [6, 6.07) is 16.2. The van der Waals surface area contributed by atoms with Crippen LogP contribution >= 0.6 is 0 Å². The first-order chi connectivity index (χ1) is 21.0. The molecule has 7 rings (SSSR count). The number of nitrogens with two attached hydrogens (primary N) is 2. The van der Waals surface area contributed by atoms with E-state index in [-0.39, 0.29) is 31.6 Å². The first-order valence-electron chi connectivity index (χ1n) is 14.2. The van der Waals surface area contributed by atoms with E-state index in [1.165, 1.54) is 9.80 Å². The average Bonchev–Trinajstić information content (AvgIpc) is 3.58. The van der Waals surface area contributed by atoms with Gasteiger partial charge in [0.1, 0.15) is 18.6 Å². The molecule has 0 radical (unpaired) electrons. The summed E-state index contributed by atoms with van der Waals surface area (Å²) in [5.41, 5.74) is 12.8. The summed E-state index contributed by atoms with van der Waals surface area (Å²) in [5.74, 6) is -3.64. The summed E-state index contributed by atoms with van der Waals surface area (Å²) in [6.07, 6.45) is 0. The number of urea groups is 1. The van der Waals surface area contributed by atoms with Gasteiger partial charge in [-0.25, -0.2) is 15.1 Å². The first kappa shape index (κ1) is 27.6. The lowest BCUT2D eigenvalue weighted by molar-refractivity contribution is -0.521. The molecule has 4 atom stereocenters. The van der Waals surface area contributed by atoms with Crippen LogP contribution < -0.4 is 32.0 Å². The van der Waals surface area contributed by atoms with Gasteiger partial charge < -0.3 is 21.3 Å². The van der Waals surface area contributed by atoms with E-state index >= 15 is 0 Å². The lowest BCUT2D eigenvalue weighted by Gasteiger charge is -2.46. The Labute approximate surface area is 251 Å². The number of imide groups is 1. The molecular weight excluding hydrogens is 566 g/mol. The molecule has 9 N–H and O–H groups in total. The van der Waals surface area contributed by atoms with E-state index in [1.54, 1.807) is 36.4 Å². The Bertz CT molecular complexity index is 1780. The van der Waals surface area contributed by atoms with Gasteiger partial charge in [-0.3, -0.25) is 35.0 Å². The second-order valence-electron chi connectivity index (χ2n) is 11.6. The van der Waals surface area contributed by atoms with E-state index in [4.69, 9.17) is 11.5 Å². The predicted octanol–water partition coefficient (Wildman–Crippen LogP) is -2.53. The Kier molecular flexibility index (Phi) is 6.06. The number of hydrogen-bond donors (Lipinski definition) is 7. The fraction of sp³-hybridized carbons (Fsp3) is 0.300. The molecule has 4 amide bonds. The van der Waals surface area contributed by atoms with Crippen molar-refractivity contribution < 1.29 is 29.6 Å². The minimum atomic E-state index is -2.64. The van der Waals surface area contributed by atoms with Crippen LogP contribution in [0.5, 0.6) is 0 Å². The van der Waals surface area contributed by atoms with Gasteiger partial charge in [0.15, 0.2) is 12.0 Å². The van der Waals surface area contributed by atoms with Crippen LogP contribution in [0.4, 0.5) is 10.5 Å². The van der Waals surface area contributed by atoms with Gasteiger partial charge in [-0.2, -0.15) is 0 Å². The van der Waals surface area contributed by atoms with Crippen molar-refractivity contribution in [3.8, 4) is 0 Å². The number of anilines is 1. The van der Waals surface area contributed by atoms with Crippen molar-refractivity contribution in [2.75, 3.05) is 24.5 Å². The number of aryl methyl sites for hydroxylation is 1. The van der Waals surface area contributed by atoms with Crippen molar-refractivity contribution in [1.29, 1.82) is 0 Å². The van der Waals surface area contributed by atoms with Crippen molar-refractivity contribution >= 4 is 46.2 Å². The predicted molar refractivity (Wildman–Crippen MR) is 160 cm³/mol. The zero-order chi connectivity index (χ0) is 31.0. The Morgan fingerprint density at radius 1 is 1.11 bits per heavy atom. The summed E-state index contributed by atoms with van der Waals surface area (Å²) in [6.45, 7) is 1.49. The smallest absolute Gasteiger partial charge is 0.343 e. The normalized spacial score (nSPS) is 27.2. The van der Waals surface area contributed by atoms with Gasteiger partial charge in [-0.15, -0.1) is 0 Å². The number of nitrogens with zero attached hydrogens (tertiary/aromatic N) is 4. The molecule has 14 nitrogen and oxygen atoms in total. The number of amides is 4. The lowest BCUT2D eigenvalue weighted by atomic mass is 9.84. The third-order valence-electron chi connectivity index (χ3n) is 8.96. The molecule has 2 saturated heterocycles. The molecule has 226 valence electrons. The fourth-order valence-electron chi connectivity index (χ4n) is 6.88. The van der Waals surface area contributed by atoms with E-state index < -0.39 is 47.4 Å². The SMILES string of the molecule is Cc1ccc2c(C(=O)NC3CN4C(N)=N[C@@H](CN5C(=O)CN(c6ccccc6)C5=O)[C@@H]5[NH+]=C(N)N[C@@]54C3(O)O)cccc2c1. The molecule has 3 aromatic carbocycles. The van der Waals surface area contributed by atoms with Crippen LogP contribution in [0.15, 0.2) is 71.7 Å².